The van der Waals surface area contributed by atoms with E-state index in [0.29, 0.717) is 5.56 Å². The van der Waals surface area contributed by atoms with Crippen molar-refractivity contribution in [1.29, 1.82) is 0 Å². The average Bonchev–Trinajstić information content (AvgIpc) is 2.75. The fourth-order valence-electron chi connectivity index (χ4n) is 3.97. The average molecular weight is 421 g/mol. The Labute approximate surface area is 182 Å². The van der Waals surface area contributed by atoms with Crippen LogP contribution >= 0.6 is 0 Å². The fraction of sp³-hybridized carbons (Fsp3) is 0.692. The second-order valence-corrected chi connectivity index (χ2v) is 8.48. The molecule has 30 heavy (non-hydrogen) atoms. The molecule has 0 heterocycles. The van der Waals surface area contributed by atoms with Crippen LogP contribution in [0.5, 0.6) is 0 Å². The summed E-state index contributed by atoms with van der Waals surface area (Å²) >= 11 is 0. The van der Waals surface area contributed by atoms with Crippen LogP contribution in [-0.2, 0) is 9.59 Å². The highest BCUT2D eigenvalue weighted by Gasteiger charge is 2.27. The zero-order valence-electron chi connectivity index (χ0n) is 18.8. The summed E-state index contributed by atoms with van der Waals surface area (Å²) in [4.78, 5) is 23.3. The van der Waals surface area contributed by atoms with E-state index in [1.165, 1.54) is 6.42 Å². The van der Waals surface area contributed by atoms with Crippen LogP contribution < -0.4 is 0 Å². The summed E-state index contributed by atoms with van der Waals surface area (Å²) in [5.41, 5.74) is 0.476. The minimum Gasteiger partial charge on any atom is -0.481 e. The van der Waals surface area contributed by atoms with Crippen LogP contribution in [0.15, 0.2) is 30.3 Å². The van der Waals surface area contributed by atoms with E-state index in [1.54, 1.807) is 24.3 Å². The monoisotopic (exact) mass is 420 g/mol. The fourth-order valence-corrected chi connectivity index (χ4v) is 3.97. The highest BCUT2D eigenvalue weighted by molar-refractivity contribution is 5.86. The first kappa shape index (κ1) is 26.3. The Morgan fingerprint density at radius 3 is 1.83 bits per heavy atom. The standard InChI is InChI=1S/C26H41FO3/c1-2-3-4-12-19-23(26(30)25(27)22-17-14-11-15-18-22)20-13-9-7-5-6-8-10-16-21-24(28)29/h11,14-15,17-18,23,25H,2-10,12-13,16,19-21H2,1H3,(H,28,29). The van der Waals surface area contributed by atoms with Gasteiger partial charge in [0.15, 0.2) is 12.0 Å². The van der Waals surface area contributed by atoms with Crippen molar-refractivity contribution >= 4 is 11.8 Å². The van der Waals surface area contributed by atoms with Gasteiger partial charge in [-0.2, -0.15) is 0 Å². The van der Waals surface area contributed by atoms with Crippen molar-refractivity contribution in [3.05, 3.63) is 35.9 Å². The van der Waals surface area contributed by atoms with Crippen molar-refractivity contribution < 1.29 is 19.1 Å². The number of Topliss-reactive ketones (excluding diaryl/α,β-unsaturated/α-hetero) is 1. The molecule has 2 atom stereocenters. The smallest absolute Gasteiger partial charge is 0.303 e. The molecule has 3 nitrogen and oxygen atoms in total. The van der Waals surface area contributed by atoms with Gasteiger partial charge in [0.1, 0.15) is 0 Å². The predicted octanol–water partition coefficient (Wildman–Crippen LogP) is 7.84. The third kappa shape index (κ3) is 12.1. The van der Waals surface area contributed by atoms with E-state index in [1.807, 2.05) is 6.07 Å². The lowest BCUT2D eigenvalue weighted by atomic mass is 9.87. The molecule has 0 radical (unpaired) electrons. The number of carbonyl (C=O) groups is 2. The molecule has 0 amide bonds. The van der Waals surface area contributed by atoms with E-state index < -0.39 is 12.1 Å². The van der Waals surface area contributed by atoms with Crippen molar-refractivity contribution in [3.8, 4) is 0 Å². The van der Waals surface area contributed by atoms with Gasteiger partial charge in [-0.3, -0.25) is 9.59 Å². The van der Waals surface area contributed by atoms with Gasteiger partial charge in [-0.25, -0.2) is 4.39 Å². The quantitative estimate of drug-likeness (QED) is 0.232. The van der Waals surface area contributed by atoms with Gasteiger partial charge >= 0.3 is 5.97 Å². The van der Waals surface area contributed by atoms with Crippen LogP contribution in [0.2, 0.25) is 0 Å². The third-order valence-corrected chi connectivity index (χ3v) is 5.84. The molecule has 0 aromatic heterocycles. The number of carbonyl (C=O) groups excluding carboxylic acids is 1. The van der Waals surface area contributed by atoms with E-state index in [4.69, 9.17) is 5.11 Å². The summed E-state index contributed by atoms with van der Waals surface area (Å²) in [6, 6.07) is 8.82. The highest BCUT2D eigenvalue weighted by Crippen LogP contribution is 2.28. The second-order valence-electron chi connectivity index (χ2n) is 8.48. The predicted molar refractivity (Wildman–Crippen MR) is 121 cm³/mol. The minimum absolute atomic E-state index is 0.173. The molecule has 0 saturated heterocycles. The Kier molecular flexibility index (Phi) is 14.9. The number of hydrogen-bond acceptors (Lipinski definition) is 2. The van der Waals surface area contributed by atoms with Crippen LogP contribution in [0.1, 0.15) is 115 Å². The van der Waals surface area contributed by atoms with Crippen molar-refractivity contribution in [2.45, 2.75) is 109 Å². The largest absolute Gasteiger partial charge is 0.481 e. The zero-order chi connectivity index (χ0) is 22.0. The van der Waals surface area contributed by atoms with Crippen LogP contribution in [0.25, 0.3) is 0 Å². The first-order valence-corrected chi connectivity index (χ1v) is 12.0. The van der Waals surface area contributed by atoms with Gasteiger partial charge in [-0.05, 0) is 24.8 Å². The Bertz CT molecular complexity index is 573. The van der Waals surface area contributed by atoms with Gasteiger partial charge in [-0.15, -0.1) is 0 Å². The summed E-state index contributed by atoms with van der Waals surface area (Å²) in [5, 5.41) is 8.63. The van der Waals surface area contributed by atoms with E-state index in [-0.39, 0.29) is 18.1 Å². The van der Waals surface area contributed by atoms with Gasteiger partial charge < -0.3 is 5.11 Å². The van der Waals surface area contributed by atoms with Gasteiger partial charge in [-0.1, -0.05) is 108 Å². The van der Waals surface area contributed by atoms with Crippen LogP contribution in [0, 0.1) is 5.92 Å². The normalized spacial score (nSPS) is 13.1. The third-order valence-electron chi connectivity index (χ3n) is 5.84. The molecule has 1 rings (SSSR count). The number of unbranched alkanes of at least 4 members (excludes halogenated alkanes) is 10. The van der Waals surface area contributed by atoms with Gasteiger partial charge in [0.2, 0.25) is 0 Å². The molecule has 0 fully saturated rings. The van der Waals surface area contributed by atoms with Crippen molar-refractivity contribution in [1.82, 2.24) is 0 Å². The maximum Gasteiger partial charge on any atom is 0.303 e. The maximum absolute atomic E-state index is 14.8. The number of halogens is 1. The molecule has 1 aromatic rings. The number of carboxylic acid groups (broad SMARTS) is 1. The summed E-state index contributed by atoms with van der Waals surface area (Å²) in [5.74, 6) is -1.12. The van der Waals surface area contributed by atoms with Crippen molar-refractivity contribution in [3.63, 3.8) is 0 Å². The SMILES string of the molecule is CCCCCCC(CCCCCCCCCCC(=O)O)C(=O)C(F)c1ccccc1. The van der Waals surface area contributed by atoms with Crippen molar-refractivity contribution in [2.24, 2.45) is 5.92 Å². The topological polar surface area (TPSA) is 54.4 Å². The summed E-state index contributed by atoms with van der Waals surface area (Å²) in [6.07, 6.45) is 13.1. The number of benzene rings is 1. The first-order chi connectivity index (χ1) is 14.6. The molecule has 0 aliphatic carbocycles. The van der Waals surface area contributed by atoms with Gasteiger partial charge in [0.05, 0.1) is 0 Å². The Morgan fingerprint density at radius 2 is 1.30 bits per heavy atom. The second kappa shape index (κ2) is 17.0. The van der Waals surface area contributed by atoms with Crippen molar-refractivity contribution in [2.75, 3.05) is 0 Å². The summed E-state index contributed by atoms with van der Waals surface area (Å²) in [6.45, 7) is 2.17. The molecule has 0 bridgehead atoms. The molecule has 2 unspecified atom stereocenters. The van der Waals surface area contributed by atoms with E-state index in [0.717, 1.165) is 83.5 Å². The van der Waals surface area contributed by atoms with Crippen LogP contribution in [-0.4, -0.2) is 16.9 Å². The van der Waals surface area contributed by atoms with Gasteiger partial charge in [0.25, 0.3) is 0 Å². The molecular formula is C26H41FO3. The lowest BCUT2D eigenvalue weighted by molar-refractivity contribution is -0.137. The maximum atomic E-state index is 14.8. The molecule has 0 aliphatic heterocycles. The number of hydrogen-bond donors (Lipinski definition) is 1. The number of aliphatic carboxylic acids is 1. The van der Waals surface area contributed by atoms with E-state index in [9.17, 15) is 14.0 Å². The molecule has 0 saturated carbocycles. The Hall–Kier alpha value is -1.71. The molecule has 170 valence electrons. The zero-order valence-corrected chi connectivity index (χ0v) is 18.8. The van der Waals surface area contributed by atoms with E-state index >= 15 is 0 Å². The first-order valence-electron chi connectivity index (χ1n) is 12.0. The molecule has 1 N–H and O–H groups in total. The Balaban J connectivity index is 2.32. The summed E-state index contributed by atoms with van der Waals surface area (Å²) in [7, 11) is 0. The number of carboxylic acids is 1. The Morgan fingerprint density at radius 1 is 0.800 bits per heavy atom. The molecule has 4 heteroatoms. The van der Waals surface area contributed by atoms with E-state index in [2.05, 4.69) is 6.92 Å². The lowest BCUT2D eigenvalue weighted by Crippen LogP contribution is -2.20. The van der Waals surface area contributed by atoms with Crippen LogP contribution in [0.4, 0.5) is 4.39 Å². The lowest BCUT2D eigenvalue weighted by Gasteiger charge is -2.18. The molecule has 1 aromatic carbocycles. The highest BCUT2D eigenvalue weighted by atomic mass is 19.1. The number of alkyl halides is 1. The molecular weight excluding hydrogens is 379 g/mol. The molecule has 0 spiro atoms. The van der Waals surface area contributed by atoms with Crippen LogP contribution in [0.3, 0.4) is 0 Å². The molecule has 0 aliphatic rings. The van der Waals surface area contributed by atoms with Gasteiger partial charge in [0, 0.05) is 12.3 Å². The summed E-state index contributed by atoms with van der Waals surface area (Å²) < 4.78 is 14.8. The minimum atomic E-state index is -1.51. The number of rotatable bonds is 19. The number of ketones is 1.